The van der Waals surface area contributed by atoms with Crippen molar-refractivity contribution in [1.82, 2.24) is 20.9 Å². The van der Waals surface area contributed by atoms with Crippen LogP contribution in [0.2, 0.25) is 0 Å². The molecule has 0 saturated carbocycles. The monoisotopic (exact) mass is 1110 g/mol. The number of benzene rings is 7. The molecule has 0 fully saturated rings. The van der Waals surface area contributed by atoms with Crippen LogP contribution in [-0.2, 0) is 0 Å². The molecule has 2 amide bonds. The number of aromatic nitrogens is 2. The molecule has 7 aromatic carbocycles. The Morgan fingerprint density at radius 2 is 1.01 bits per heavy atom. The van der Waals surface area contributed by atoms with Gasteiger partial charge in [-0.05, 0) is 189 Å². The number of nitrogens with two attached hydrogens (primary N) is 2. The molecule has 1 aliphatic rings. The van der Waals surface area contributed by atoms with Crippen LogP contribution in [0.15, 0.2) is 174 Å². The SMILES string of the molecule is C=C1C=C(NCCCCCCNC(=O)c2ccc(-c3ccc(C(=O)NCCCCCCNc4cc5c(cc4C)nc4cc(C)c(NC)cc4[n+]5-c4ccc(N)cc4)cc3)cc2)C(C)=CC1=Nc1cc(C)c(NC)cc1Nc1ccc(N)cc1. The topological polar surface area (TPSA) is 200 Å². The lowest BCUT2D eigenvalue weighted by atomic mass is 9.98. The predicted octanol–water partition coefficient (Wildman–Crippen LogP) is 13.7. The molecule has 0 radical (unpaired) electrons. The first-order valence-electron chi connectivity index (χ1n) is 29.0. The number of anilines is 7. The quantitative estimate of drug-likeness (QED) is 0.0115. The average molecular weight is 1110 g/mol. The predicted molar refractivity (Wildman–Crippen MR) is 347 cm³/mol. The van der Waals surface area contributed by atoms with Crippen molar-refractivity contribution in [2.75, 3.05) is 73.0 Å². The lowest BCUT2D eigenvalue weighted by molar-refractivity contribution is -0.538. The Bertz CT molecular complexity index is 3730. The Balaban J connectivity index is 0.652. The van der Waals surface area contributed by atoms with Crippen molar-refractivity contribution in [3.63, 3.8) is 0 Å². The Morgan fingerprint density at radius 1 is 0.530 bits per heavy atom. The summed E-state index contributed by atoms with van der Waals surface area (Å²) in [5.41, 5.74) is 34.6. The van der Waals surface area contributed by atoms with Gasteiger partial charge in [-0.15, -0.1) is 4.57 Å². The van der Waals surface area contributed by atoms with E-state index < -0.39 is 0 Å². The molecule has 0 spiro atoms. The van der Waals surface area contributed by atoms with Gasteiger partial charge in [-0.25, -0.2) is 9.98 Å². The van der Waals surface area contributed by atoms with Crippen LogP contribution in [0.1, 0.15) is 95.7 Å². The number of hydrogen-bond acceptors (Lipinski definition) is 11. The van der Waals surface area contributed by atoms with Gasteiger partial charge in [0, 0.05) is 115 Å². The molecule has 0 bridgehead atoms. The maximum Gasteiger partial charge on any atom is 0.251 e. The molecule has 0 aliphatic heterocycles. The van der Waals surface area contributed by atoms with Crippen LogP contribution >= 0.6 is 0 Å². The largest absolute Gasteiger partial charge is 0.399 e. The van der Waals surface area contributed by atoms with E-state index in [-0.39, 0.29) is 11.8 Å². The number of rotatable bonds is 25. The number of carbonyl (C=O) groups excluding carboxylic acids is 2. The molecule has 0 saturated heterocycles. The molecule has 11 N–H and O–H groups in total. The van der Waals surface area contributed by atoms with Gasteiger partial charge < -0.3 is 48.7 Å². The van der Waals surface area contributed by atoms with Crippen molar-refractivity contribution in [2.24, 2.45) is 4.99 Å². The Morgan fingerprint density at radius 3 is 1.57 bits per heavy atom. The molecule has 0 unspecified atom stereocenters. The fourth-order valence-corrected chi connectivity index (χ4v) is 10.4. The number of unbranched alkanes of at least 4 members (excludes halogenated alkanes) is 6. The highest BCUT2D eigenvalue weighted by Gasteiger charge is 2.23. The van der Waals surface area contributed by atoms with Crippen molar-refractivity contribution in [3.8, 4) is 16.8 Å². The van der Waals surface area contributed by atoms with Gasteiger partial charge >= 0.3 is 0 Å². The third-order valence-electron chi connectivity index (χ3n) is 15.3. The summed E-state index contributed by atoms with van der Waals surface area (Å²) in [6, 6.07) is 43.7. The van der Waals surface area contributed by atoms with E-state index in [1.165, 1.54) is 0 Å². The van der Waals surface area contributed by atoms with Gasteiger partial charge in [0.2, 0.25) is 16.7 Å². The van der Waals surface area contributed by atoms with Gasteiger partial charge in [-0.3, -0.25) is 9.59 Å². The lowest BCUT2D eigenvalue weighted by Crippen LogP contribution is -2.33. The summed E-state index contributed by atoms with van der Waals surface area (Å²) in [6.07, 6.45) is 12.1. The van der Waals surface area contributed by atoms with Crippen LogP contribution in [0.25, 0.3) is 38.9 Å². The summed E-state index contributed by atoms with van der Waals surface area (Å²) in [5.74, 6) is -0.161. The number of nitrogens with zero attached hydrogens (tertiary/aromatic N) is 3. The number of aliphatic imine (C=N–C) groups is 1. The smallest absolute Gasteiger partial charge is 0.251 e. The molecule has 14 nitrogen and oxygen atoms in total. The van der Waals surface area contributed by atoms with Gasteiger partial charge in [0.15, 0.2) is 0 Å². The summed E-state index contributed by atoms with van der Waals surface area (Å²) < 4.78 is 2.27. The second kappa shape index (κ2) is 27.4. The van der Waals surface area contributed by atoms with E-state index >= 15 is 0 Å². The highest BCUT2D eigenvalue weighted by Crippen LogP contribution is 2.36. The molecular weight excluding hydrogens is 1030 g/mol. The second-order valence-electron chi connectivity index (χ2n) is 21.5. The highest BCUT2D eigenvalue weighted by molar-refractivity contribution is 6.13. The average Bonchev–Trinajstić information content (AvgIpc) is 3.04. The second-order valence-corrected chi connectivity index (χ2v) is 21.5. The van der Waals surface area contributed by atoms with E-state index in [0.29, 0.717) is 29.9 Å². The zero-order valence-electron chi connectivity index (χ0n) is 48.9. The zero-order valence-corrected chi connectivity index (χ0v) is 48.9. The Labute approximate surface area is 488 Å². The molecule has 9 rings (SSSR count). The maximum atomic E-state index is 13.1. The van der Waals surface area contributed by atoms with Gasteiger partial charge in [-0.2, -0.15) is 0 Å². The lowest BCUT2D eigenvalue weighted by Gasteiger charge is -2.19. The minimum absolute atomic E-state index is 0.0799. The first kappa shape index (κ1) is 58.2. The van der Waals surface area contributed by atoms with Crippen LogP contribution in [-0.4, -0.2) is 62.8 Å². The van der Waals surface area contributed by atoms with E-state index in [2.05, 4.69) is 137 Å². The Kier molecular flexibility index (Phi) is 19.2. The highest BCUT2D eigenvalue weighted by atomic mass is 16.2. The molecule has 14 heteroatoms. The number of nitrogens with one attached hydrogen (secondary N) is 7. The third-order valence-corrected chi connectivity index (χ3v) is 15.3. The van der Waals surface area contributed by atoms with E-state index in [0.717, 1.165) is 182 Å². The number of aryl methyl sites for hydroxylation is 3. The molecule has 426 valence electrons. The number of amides is 2. The molecular formula is C69H79N12O2+. The molecule has 1 aromatic heterocycles. The van der Waals surface area contributed by atoms with Crippen LogP contribution in [0.3, 0.4) is 0 Å². The minimum atomic E-state index is -0.0815. The van der Waals surface area contributed by atoms with E-state index in [9.17, 15) is 9.59 Å². The normalized spacial score (nSPS) is 12.7. The van der Waals surface area contributed by atoms with E-state index in [4.69, 9.17) is 21.4 Å². The van der Waals surface area contributed by atoms with Crippen molar-refractivity contribution < 1.29 is 14.2 Å². The van der Waals surface area contributed by atoms with Crippen LogP contribution in [0.5, 0.6) is 0 Å². The molecule has 83 heavy (non-hydrogen) atoms. The molecule has 8 aromatic rings. The van der Waals surface area contributed by atoms with Crippen molar-refractivity contribution in [1.29, 1.82) is 0 Å². The fraction of sp³-hybridized carbons (Fsp3) is 0.261. The Hall–Kier alpha value is -9.43. The van der Waals surface area contributed by atoms with Crippen molar-refractivity contribution >= 4 is 85.1 Å². The molecule has 1 heterocycles. The number of carbonyl (C=O) groups is 2. The van der Waals surface area contributed by atoms with Crippen LogP contribution in [0, 0.1) is 20.8 Å². The van der Waals surface area contributed by atoms with Gasteiger partial charge in [-0.1, -0.05) is 56.5 Å². The maximum absolute atomic E-state index is 13.1. The van der Waals surface area contributed by atoms with Crippen molar-refractivity contribution in [2.45, 2.75) is 79.1 Å². The summed E-state index contributed by atoms with van der Waals surface area (Å²) in [7, 11) is 3.86. The number of nitrogen functional groups attached to an aromatic ring is 2. The summed E-state index contributed by atoms with van der Waals surface area (Å²) in [4.78, 5) is 36.2. The summed E-state index contributed by atoms with van der Waals surface area (Å²) >= 11 is 0. The molecule has 1 aliphatic carbocycles. The van der Waals surface area contributed by atoms with Crippen LogP contribution in [0.4, 0.5) is 45.5 Å². The van der Waals surface area contributed by atoms with Gasteiger partial charge in [0.1, 0.15) is 11.0 Å². The number of fused-ring (bicyclic) bond motifs is 2. The fourth-order valence-electron chi connectivity index (χ4n) is 10.4. The first-order valence-corrected chi connectivity index (χ1v) is 29.0. The van der Waals surface area contributed by atoms with Crippen LogP contribution < -0.4 is 53.3 Å². The van der Waals surface area contributed by atoms with E-state index in [1.807, 2.05) is 99.0 Å². The third kappa shape index (κ3) is 14.7. The zero-order chi connectivity index (χ0) is 58.4. The van der Waals surface area contributed by atoms with Gasteiger partial charge in [0.05, 0.1) is 17.1 Å². The summed E-state index contributed by atoms with van der Waals surface area (Å²) in [6.45, 7) is 15.6. The van der Waals surface area contributed by atoms with Crippen molar-refractivity contribution in [3.05, 3.63) is 197 Å². The van der Waals surface area contributed by atoms with Gasteiger partial charge in [0.25, 0.3) is 11.8 Å². The molecule has 0 atom stereocenters. The standard InChI is InChI=1S/C69H78N12O2/c1-44-38-62(63(41-57(44)72-6)78-55-28-24-53(70)25-29-55)79-61-37-46(3)59(36-48(61)5)74-32-12-8-10-14-34-76-68(82)51-20-16-49(17-21-51)50-18-22-52(23-19-50)69(83)77-35-15-11-9-13-33-75-60-43-67-65(40-47(60)4)80-64-39-45(2)58(73-7)42-66(64)81(67)56-30-26-54(71)27-31-56/h16-31,36-43,72,74H,5,8-15,32-35,71H2,1-4,6-7H3,(H6,70,73,75,76,77,78,80,82,83)/p+1. The summed E-state index contributed by atoms with van der Waals surface area (Å²) in [5, 5.41) is 23.6. The van der Waals surface area contributed by atoms with E-state index in [1.54, 1.807) is 0 Å². The first-order chi connectivity index (χ1) is 40.2. The number of hydrogen-bond donors (Lipinski definition) is 9. The minimum Gasteiger partial charge on any atom is -0.399 e. The number of allylic oxidation sites excluding steroid dienone is 4.